The second kappa shape index (κ2) is 11.5. The van der Waals surface area contributed by atoms with E-state index < -0.39 is 25.7 Å². The predicted octanol–water partition coefficient (Wildman–Crippen LogP) is 4.34. The first-order chi connectivity index (χ1) is 14.4. The van der Waals surface area contributed by atoms with Crippen LogP contribution in [0.4, 0.5) is 0 Å². The van der Waals surface area contributed by atoms with E-state index in [1.807, 2.05) is 13.1 Å². The lowest BCUT2D eigenvalue weighted by Crippen LogP contribution is -2.63. The molecule has 4 radical (unpaired) electrons. The van der Waals surface area contributed by atoms with Crippen molar-refractivity contribution in [1.82, 2.24) is 0 Å². The Labute approximate surface area is 198 Å². The van der Waals surface area contributed by atoms with E-state index in [1.54, 1.807) is 0 Å². The van der Waals surface area contributed by atoms with E-state index in [2.05, 4.69) is 40.0 Å². The van der Waals surface area contributed by atoms with Gasteiger partial charge in [0.05, 0.1) is 12.2 Å². The Morgan fingerprint density at radius 1 is 0.677 bits per heavy atom. The quantitative estimate of drug-likeness (QED) is 0.417. The van der Waals surface area contributed by atoms with Crippen LogP contribution in [0.5, 0.6) is 0 Å². The van der Waals surface area contributed by atoms with Crippen LogP contribution in [-0.4, -0.2) is 67.6 Å². The second-order valence-electron chi connectivity index (χ2n) is 10.6. The van der Waals surface area contributed by atoms with Crippen molar-refractivity contribution in [2.24, 2.45) is 11.8 Å². The Hall–Kier alpha value is 0.844. The number of aliphatic hydroxyl groups excluding tert-OH is 2. The zero-order chi connectivity index (χ0) is 23.4. The van der Waals surface area contributed by atoms with Gasteiger partial charge in [0.1, 0.15) is 0 Å². The molecule has 6 atom stereocenters. The molecule has 2 rings (SSSR count). The topological polar surface area (TPSA) is 77.4 Å². The first-order valence-corrected chi connectivity index (χ1v) is 22.2. The van der Waals surface area contributed by atoms with Gasteiger partial charge >= 0.3 is 9.05 Å². The summed E-state index contributed by atoms with van der Waals surface area (Å²) in [6.45, 7) is 17.4. The minimum atomic E-state index is -3.29. The highest BCUT2D eigenvalue weighted by molar-refractivity contribution is 6.87. The molecule has 0 aromatic rings. The molecule has 11 heteroatoms. The fourth-order valence-corrected chi connectivity index (χ4v) is 20.5. The normalized spacial score (nSPS) is 33.5. The van der Waals surface area contributed by atoms with E-state index >= 15 is 0 Å². The lowest BCUT2D eigenvalue weighted by molar-refractivity contribution is 0.0730. The molecular formula is C20H44O6Si5. The summed E-state index contributed by atoms with van der Waals surface area (Å²) < 4.78 is 26.5. The summed E-state index contributed by atoms with van der Waals surface area (Å²) in [6.07, 6.45) is 5.27. The number of aliphatic hydroxyl groups is 2. The number of rotatable bonds is 10. The Bertz CT molecular complexity index is 518. The van der Waals surface area contributed by atoms with Gasteiger partial charge in [-0.25, -0.2) is 0 Å². The molecule has 0 aromatic heterocycles. The average Bonchev–Trinajstić information content (AvgIpc) is 2.65. The molecular weight excluding hydrogens is 477 g/mol. The zero-order valence-electron chi connectivity index (χ0n) is 20.7. The molecule has 0 aromatic carbocycles. The molecule has 0 saturated heterocycles. The van der Waals surface area contributed by atoms with Crippen LogP contribution in [0.15, 0.2) is 0 Å². The SMILES string of the molecule is C[Si]O[Si](O[Si]C)(O[Si](C)(C)C1CCC(O)C(C)C1)O[Si](C)(C)C1CCC(O)C(C)C1. The molecule has 6 unspecified atom stereocenters. The fourth-order valence-electron chi connectivity index (χ4n) is 5.21. The third-order valence-electron chi connectivity index (χ3n) is 7.44. The van der Waals surface area contributed by atoms with Gasteiger partial charge in [0.2, 0.25) is 19.5 Å². The summed E-state index contributed by atoms with van der Waals surface area (Å²) >= 11 is 0. The zero-order valence-corrected chi connectivity index (χ0v) is 25.7. The third kappa shape index (κ3) is 7.41. The summed E-state index contributed by atoms with van der Waals surface area (Å²) in [5.41, 5.74) is 0.923. The molecule has 2 aliphatic rings. The Balaban J connectivity index is 2.22. The highest BCUT2D eigenvalue weighted by Gasteiger charge is 2.56. The molecule has 2 aliphatic carbocycles. The molecule has 0 bridgehead atoms. The van der Waals surface area contributed by atoms with Gasteiger partial charge in [-0.15, -0.1) is 0 Å². The van der Waals surface area contributed by atoms with E-state index in [9.17, 15) is 10.2 Å². The van der Waals surface area contributed by atoms with E-state index in [0.717, 1.165) is 38.5 Å². The molecule has 2 fully saturated rings. The lowest BCUT2D eigenvalue weighted by Gasteiger charge is -2.47. The molecule has 31 heavy (non-hydrogen) atoms. The molecule has 2 saturated carbocycles. The van der Waals surface area contributed by atoms with Crippen molar-refractivity contribution in [3.8, 4) is 0 Å². The molecule has 0 spiro atoms. The van der Waals surface area contributed by atoms with Crippen molar-refractivity contribution in [2.75, 3.05) is 0 Å². The Morgan fingerprint density at radius 3 is 1.32 bits per heavy atom. The summed E-state index contributed by atoms with van der Waals surface area (Å²) in [6, 6.07) is 0. The minimum Gasteiger partial charge on any atom is -0.395 e. The highest BCUT2D eigenvalue weighted by atomic mass is 28.5. The summed E-state index contributed by atoms with van der Waals surface area (Å²) in [7, 11) is -7.18. The van der Waals surface area contributed by atoms with Crippen LogP contribution in [0.3, 0.4) is 0 Å². The number of hydrogen-bond acceptors (Lipinski definition) is 6. The first kappa shape index (κ1) is 28.1. The van der Waals surface area contributed by atoms with E-state index in [1.165, 1.54) is 0 Å². The van der Waals surface area contributed by atoms with E-state index in [0.29, 0.717) is 22.9 Å². The van der Waals surface area contributed by atoms with Gasteiger partial charge in [-0.1, -0.05) is 13.8 Å². The Morgan fingerprint density at radius 2 is 1.03 bits per heavy atom. The van der Waals surface area contributed by atoms with Crippen LogP contribution in [0.25, 0.3) is 0 Å². The predicted molar refractivity (Wildman–Crippen MR) is 134 cm³/mol. The van der Waals surface area contributed by atoms with Crippen LogP contribution in [0.2, 0.25) is 50.4 Å². The minimum absolute atomic E-state index is 0.198. The third-order valence-corrected chi connectivity index (χ3v) is 22.3. The van der Waals surface area contributed by atoms with Crippen molar-refractivity contribution in [1.29, 1.82) is 0 Å². The maximum atomic E-state index is 10.2. The van der Waals surface area contributed by atoms with Crippen LogP contribution in [0, 0.1) is 11.8 Å². The van der Waals surface area contributed by atoms with Crippen LogP contribution in [-0.2, 0) is 16.5 Å². The van der Waals surface area contributed by atoms with Crippen LogP contribution in [0.1, 0.15) is 52.4 Å². The molecule has 2 N–H and O–H groups in total. The molecule has 180 valence electrons. The monoisotopic (exact) mass is 520 g/mol. The standard InChI is InChI=1S/C20H44O6Si5/c1-15-13-17(9-11-19(15)21)29(5,6)25-31(23-27-3,24-28-4)26-30(7,8)18-10-12-20(22)16(2)14-18/h15-22H,9-14H2,1-8H3. The van der Waals surface area contributed by atoms with E-state index in [-0.39, 0.29) is 31.7 Å². The van der Waals surface area contributed by atoms with Crippen LogP contribution < -0.4 is 0 Å². The maximum Gasteiger partial charge on any atom is 0.636 e. The van der Waals surface area contributed by atoms with E-state index in [4.69, 9.17) is 16.5 Å². The molecule has 6 nitrogen and oxygen atoms in total. The van der Waals surface area contributed by atoms with Crippen molar-refractivity contribution >= 4 is 45.2 Å². The smallest absolute Gasteiger partial charge is 0.395 e. The van der Waals surface area contributed by atoms with Crippen LogP contribution >= 0.6 is 0 Å². The second-order valence-corrected chi connectivity index (χ2v) is 23.8. The molecule has 0 amide bonds. The van der Waals surface area contributed by atoms with Gasteiger partial charge in [-0.3, -0.25) is 0 Å². The van der Waals surface area contributed by atoms with Crippen molar-refractivity contribution < 1.29 is 26.7 Å². The van der Waals surface area contributed by atoms with Gasteiger partial charge in [0.25, 0.3) is 0 Å². The van der Waals surface area contributed by atoms with Gasteiger partial charge in [-0.05, 0) is 101 Å². The summed E-state index contributed by atoms with van der Waals surface area (Å²) in [5, 5.41) is 20.4. The van der Waals surface area contributed by atoms with Gasteiger partial charge in [0, 0.05) is 0 Å². The highest BCUT2D eigenvalue weighted by Crippen LogP contribution is 2.44. The van der Waals surface area contributed by atoms with Crippen molar-refractivity contribution in [3.63, 3.8) is 0 Å². The molecule has 0 aliphatic heterocycles. The lowest BCUT2D eigenvalue weighted by atomic mass is 9.88. The van der Waals surface area contributed by atoms with Crippen molar-refractivity contribution in [3.05, 3.63) is 0 Å². The average molecular weight is 521 g/mol. The molecule has 0 heterocycles. The first-order valence-electron chi connectivity index (χ1n) is 11.8. The van der Waals surface area contributed by atoms with Gasteiger partial charge in [-0.2, -0.15) is 0 Å². The summed E-state index contributed by atoms with van der Waals surface area (Å²) in [5.74, 6) is 0.602. The fraction of sp³-hybridized carbons (Fsp3) is 1.00. The maximum absolute atomic E-state index is 10.2. The van der Waals surface area contributed by atoms with Crippen molar-refractivity contribution in [2.45, 2.75) is 115 Å². The number of hydrogen-bond donors (Lipinski definition) is 2. The largest absolute Gasteiger partial charge is 0.636 e. The van der Waals surface area contributed by atoms with Gasteiger partial charge in [0.15, 0.2) is 16.6 Å². The Kier molecular flexibility index (Phi) is 10.4. The summed E-state index contributed by atoms with van der Waals surface area (Å²) in [4.78, 5) is 0. The van der Waals surface area contributed by atoms with Gasteiger partial charge < -0.3 is 26.7 Å².